The van der Waals surface area contributed by atoms with E-state index in [1.165, 1.54) is 25.1 Å². The molecule has 2 aromatic carbocycles. The van der Waals surface area contributed by atoms with Crippen molar-refractivity contribution in [2.24, 2.45) is 0 Å². The molecular formula is C18H16N2O5. The van der Waals surface area contributed by atoms with Gasteiger partial charge in [0.2, 0.25) is 0 Å². The van der Waals surface area contributed by atoms with Crippen LogP contribution < -0.4 is 15.9 Å². The summed E-state index contributed by atoms with van der Waals surface area (Å²) in [7, 11) is 0. The fraction of sp³-hybridized carbons (Fsp3) is 0.167. The van der Waals surface area contributed by atoms with E-state index in [2.05, 4.69) is 5.32 Å². The van der Waals surface area contributed by atoms with Gasteiger partial charge < -0.3 is 14.6 Å². The maximum absolute atomic E-state index is 12.0. The second kappa shape index (κ2) is 6.64. The fourth-order valence-corrected chi connectivity index (χ4v) is 2.39. The molecule has 0 bridgehead atoms. The van der Waals surface area contributed by atoms with Crippen LogP contribution in [-0.4, -0.2) is 16.6 Å². The summed E-state index contributed by atoms with van der Waals surface area (Å²) in [5.74, 6) is -1.00. The molecule has 0 saturated carbocycles. The Morgan fingerprint density at radius 2 is 1.96 bits per heavy atom. The summed E-state index contributed by atoms with van der Waals surface area (Å²) in [5.41, 5.74) is 2.81. The van der Waals surface area contributed by atoms with Gasteiger partial charge in [-0.1, -0.05) is 29.0 Å². The number of carbonyl (C=O) groups excluding carboxylic acids is 2. The highest BCUT2D eigenvalue weighted by molar-refractivity contribution is 5.96. The van der Waals surface area contributed by atoms with E-state index in [1.807, 2.05) is 31.2 Å². The maximum Gasteiger partial charge on any atom is 0.453 e. The third-order valence-electron chi connectivity index (χ3n) is 3.81. The van der Waals surface area contributed by atoms with Gasteiger partial charge in [-0.3, -0.25) is 4.79 Å². The first-order valence-electron chi connectivity index (χ1n) is 7.63. The Morgan fingerprint density at radius 1 is 1.20 bits per heavy atom. The third-order valence-corrected chi connectivity index (χ3v) is 3.81. The minimum absolute atomic E-state index is 0.158. The molecule has 1 N–H and O–H groups in total. The Labute approximate surface area is 142 Å². The highest BCUT2D eigenvalue weighted by Crippen LogP contribution is 2.15. The van der Waals surface area contributed by atoms with Crippen LogP contribution in [0.3, 0.4) is 0 Å². The normalized spacial score (nSPS) is 10.6. The quantitative estimate of drug-likeness (QED) is 0.737. The van der Waals surface area contributed by atoms with Gasteiger partial charge in [-0.2, -0.15) is 0 Å². The van der Waals surface area contributed by atoms with Crippen molar-refractivity contribution < 1.29 is 18.8 Å². The standard InChI is InChI=1S/C18H16N2O5/c1-11-5-3-4-6-14(11)10-19-17(22)25-20-15-8-7-13(12(2)21)9-16(15)24-18(20)23/h3-9H,10H2,1-2H3,(H,19,22). The third kappa shape index (κ3) is 3.45. The molecule has 0 fully saturated rings. The Morgan fingerprint density at radius 3 is 2.68 bits per heavy atom. The predicted octanol–water partition coefficient (Wildman–Crippen LogP) is 2.44. The van der Waals surface area contributed by atoms with Gasteiger partial charge in [0.1, 0.15) is 5.52 Å². The SMILES string of the molecule is CC(=O)c1ccc2c(c1)oc(=O)n2OC(=O)NCc1ccccc1C. The minimum Gasteiger partial charge on any atom is -0.405 e. The molecule has 128 valence electrons. The van der Waals surface area contributed by atoms with Crippen LogP contribution in [0.5, 0.6) is 0 Å². The summed E-state index contributed by atoms with van der Waals surface area (Å²) in [4.78, 5) is 40.3. The average Bonchev–Trinajstić information content (AvgIpc) is 2.89. The lowest BCUT2D eigenvalue weighted by Gasteiger charge is -2.08. The highest BCUT2D eigenvalue weighted by Gasteiger charge is 2.15. The molecule has 0 saturated heterocycles. The molecule has 7 nitrogen and oxygen atoms in total. The molecule has 0 unspecified atom stereocenters. The van der Waals surface area contributed by atoms with E-state index in [0.29, 0.717) is 5.56 Å². The lowest BCUT2D eigenvalue weighted by molar-refractivity contribution is 0.101. The summed E-state index contributed by atoms with van der Waals surface area (Å²) in [6.45, 7) is 3.61. The van der Waals surface area contributed by atoms with E-state index in [0.717, 1.165) is 15.9 Å². The van der Waals surface area contributed by atoms with Crippen molar-refractivity contribution in [3.05, 3.63) is 69.7 Å². The summed E-state index contributed by atoms with van der Waals surface area (Å²) in [6, 6.07) is 12.1. The number of rotatable bonds is 4. The van der Waals surface area contributed by atoms with E-state index in [9.17, 15) is 14.4 Å². The molecule has 0 aliphatic rings. The average molecular weight is 340 g/mol. The summed E-state index contributed by atoms with van der Waals surface area (Å²) in [6.07, 6.45) is -0.788. The molecule has 0 spiro atoms. The first-order chi connectivity index (χ1) is 12.0. The summed E-state index contributed by atoms with van der Waals surface area (Å²) < 4.78 is 5.78. The van der Waals surface area contributed by atoms with Crippen LogP contribution in [-0.2, 0) is 6.54 Å². The monoisotopic (exact) mass is 340 g/mol. The first kappa shape index (κ1) is 16.5. The van der Waals surface area contributed by atoms with Crippen molar-refractivity contribution in [2.75, 3.05) is 0 Å². The number of Topliss-reactive ketones (excluding diaryl/α,β-unsaturated/α-hetero) is 1. The van der Waals surface area contributed by atoms with Crippen molar-refractivity contribution in [2.45, 2.75) is 20.4 Å². The van der Waals surface area contributed by atoms with Crippen LogP contribution >= 0.6 is 0 Å². The van der Waals surface area contributed by atoms with Crippen molar-refractivity contribution in [3.8, 4) is 0 Å². The van der Waals surface area contributed by atoms with Crippen LogP contribution in [0.1, 0.15) is 28.4 Å². The molecule has 3 rings (SSSR count). The molecule has 3 aromatic rings. The Hall–Kier alpha value is -3.35. The molecule has 0 aliphatic carbocycles. The number of benzene rings is 2. The van der Waals surface area contributed by atoms with Gasteiger partial charge in [0.05, 0.1) is 0 Å². The van der Waals surface area contributed by atoms with Crippen LogP contribution in [0.25, 0.3) is 11.1 Å². The zero-order valence-electron chi connectivity index (χ0n) is 13.7. The van der Waals surface area contributed by atoms with Crippen molar-refractivity contribution in [1.29, 1.82) is 0 Å². The number of aromatic nitrogens is 1. The smallest absolute Gasteiger partial charge is 0.405 e. The van der Waals surface area contributed by atoms with Gasteiger partial charge in [-0.05, 0) is 43.2 Å². The number of fused-ring (bicyclic) bond motifs is 1. The van der Waals surface area contributed by atoms with Crippen molar-refractivity contribution in [1.82, 2.24) is 10.0 Å². The number of aryl methyl sites for hydroxylation is 1. The maximum atomic E-state index is 12.0. The number of amides is 1. The van der Waals surface area contributed by atoms with Gasteiger partial charge in [-0.15, -0.1) is 0 Å². The predicted molar refractivity (Wildman–Crippen MR) is 90.5 cm³/mol. The van der Waals surface area contributed by atoms with Gasteiger partial charge in [0.25, 0.3) is 0 Å². The topological polar surface area (TPSA) is 90.5 Å². The molecular weight excluding hydrogens is 324 g/mol. The van der Waals surface area contributed by atoms with E-state index in [1.54, 1.807) is 0 Å². The number of hydrogen-bond donors (Lipinski definition) is 1. The molecule has 25 heavy (non-hydrogen) atoms. The van der Waals surface area contributed by atoms with Gasteiger partial charge in [-0.25, -0.2) is 9.59 Å². The van der Waals surface area contributed by atoms with Crippen LogP contribution in [0.2, 0.25) is 0 Å². The number of ketones is 1. The lowest BCUT2D eigenvalue weighted by atomic mass is 10.1. The summed E-state index contributed by atoms with van der Waals surface area (Å²) in [5, 5.41) is 2.58. The van der Waals surface area contributed by atoms with E-state index in [4.69, 9.17) is 9.25 Å². The zero-order valence-corrected chi connectivity index (χ0v) is 13.7. The molecule has 1 aromatic heterocycles. The number of nitrogens with one attached hydrogen (secondary N) is 1. The Bertz CT molecular complexity index is 1020. The van der Waals surface area contributed by atoms with Crippen molar-refractivity contribution >= 4 is 23.0 Å². The largest absolute Gasteiger partial charge is 0.453 e. The van der Waals surface area contributed by atoms with Crippen molar-refractivity contribution in [3.63, 3.8) is 0 Å². The second-order valence-corrected chi connectivity index (χ2v) is 5.56. The van der Waals surface area contributed by atoms with Gasteiger partial charge >= 0.3 is 11.8 Å². The number of carbonyl (C=O) groups is 2. The molecule has 1 heterocycles. The molecule has 0 radical (unpaired) electrons. The fourth-order valence-electron chi connectivity index (χ4n) is 2.39. The van der Waals surface area contributed by atoms with Crippen LogP contribution in [0.4, 0.5) is 4.79 Å². The van der Waals surface area contributed by atoms with E-state index in [-0.39, 0.29) is 23.4 Å². The lowest BCUT2D eigenvalue weighted by Crippen LogP contribution is -2.35. The molecule has 0 aliphatic heterocycles. The van der Waals surface area contributed by atoms with Gasteiger partial charge in [0.15, 0.2) is 11.4 Å². The van der Waals surface area contributed by atoms with Gasteiger partial charge in [0, 0.05) is 12.1 Å². The number of oxazole rings is 1. The summed E-state index contributed by atoms with van der Waals surface area (Å²) >= 11 is 0. The first-order valence-corrected chi connectivity index (χ1v) is 7.63. The number of hydrogen-bond acceptors (Lipinski definition) is 5. The highest BCUT2D eigenvalue weighted by atomic mass is 16.7. The van der Waals surface area contributed by atoms with E-state index >= 15 is 0 Å². The van der Waals surface area contributed by atoms with Crippen LogP contribution in [0.15, 0.2) is 51.7 Å². The molecule has 7 heteroatoms. The zero-order chi connectivity index (χ0) is 18.0. The molecule has 1 amide bonds. The Balaban J connectivity index is 1.77. The second-order valence-electron chi connectivity index (χ2n) is 5.56. The molecule has 0 atom stereocenters. The Kier molecular flexibility index (Phi) is 4.38. The van der Waals surface area contributed by atoms with Crippen LogP contribution in [0, 0.1) is 6.92 Å². The van der Waals surface area contributed by atoms with E-state index < -0.39 is 11.8 Å². The number of nitrogens with zero attached hydrogens (tertiary/aromatic N) is 1. The minimum atomic E-state index is -0.846.